The molecule has 5 nitrogen and oxygen atoms in total. The maximum atomic E-state index is 13.3. The van der Waals surface area contributed by atoms with E-state index in [4.69, 9.17) is 16.3 Å². The van der Waals surface area contributed by atoms with Crippen LogP contribution in [0.3, 0.4) is 0 Å². The Morgan fingerprint density at radius 1 is 1.17 bits per heavy atom. The first kappa shape index (κ1) is 20.4. The Labute approximate surface area is 184 Å². The van der Waals surface area contributed by atoms with Crippen molar-refractivity contribution >= 4 is 40.4 Å². The minimum Gasteiger partial charge on any atom is -0.497 e. The Hall–Kier alpha value is -2.83. The van der Waals surface area contributed by atoms with Crippen LogP contribution in [0.4, 0.5) is 5.69 Å². The molecule has 0 saturated carbocycles. The third-order valence-electron chi connectivity index (χ3n) is 5.22. The molecule has 0 radical (unpaired) electrons. The molecule has 1 saturated heterocycles. The highest BCUT2D eigenvalue weighted by atomic mass is 35.5. The number of carbonyl (C=O) groups is 2. The monoisotopic (exact) mass is 440 g/mol. The number of halogens is 1. The van der Waals surface area contributed by atoms with Crippen LogP contribution >= 0.6 is 22.9 Å². The van der Waals surface area contributed by atoms with Gasteiger partial charge < -0.3 is 15.0 Å². The van der Waals surface area contributed by atoms with Crippen molar-refractivity contribution < 1.29 is 14.3 Å². The quantitative estimate of drug-likeness (QED) is 0.558. The molecule has 154 valence electrons. The van der Waals surface area contributed by atoms with Crippen LogP contribution < -0.4 is 10.1 Å². The lowest BCUT2D eigenvalue weighted by atomic mass is 10.0. The SMILES string of the molecule is COc1ccc(C2CCCN2C(=O)c2ccc(Cl)c(NC(=O)c3cccs3)c2)cc1. The lowest BCUT2D eigenvalue weighted by molar-refractivity contribution is 0.0735. The van der Waals surface area contributed by atoms with Gasteiger partial charge in [-0.05, 0) is 60.2 Å². The summed E-state index contributed by atoms with van der Waals surface area (Å²) in [7, 11) is 1.63. The summed E-state index contributed by atoms with van der Waals surface area (Å²) in [6.45, 7) is 0.690. The number of rotatable bonds is 5. The van der Waals surface area contributed by atoms with Crippen LogP contribution in [-0.2, 0) is 0 Å². The van der Waals surface area contributed by atoms with Crippen LogP contribution in [0.1, 0.15) is 44.5 Å². The molecule has 7 heteroatoms. The van der Waals surface area contributed by atoms with Crippen LogP contribution in [0, 0.1) is 0 Å². The molecule has 4 rings (SSSR count). The number of carbonyl (C=O) groups excluding carboxylic acids is 2. The zero-order valence-corrected chi connectivity index (χ0v) is 18.0. The Balaban J connectivity index is 1.55. The van der Waals surface area contributed by atoms with E-state index >= 15 is 0 Å². The molecular weight excluding hydrogens is 420 g/mol. The molecule has 2 aromatic carbocycles. The summed E-state index contributed by atoms with van der Waals surface area (Å²) in [5, 5.41) is 5.04. The van der Waals surface area contributed by atoms with Gasteiger partial charge in [0.1, 0.15) is 5.75 Å². The van der Waals surface area contributed by atoms with Crippen molar-refractivity contribution in [3.05, 3.63) is 81.0 Å². The third kappa shape index (κ3) is 4.20. The predicted molar refractivity (Wildman–Crippen MR) is 120 cm³/mol. The molecule has 1 aliphatic heterocycles. The van der Waals surface area contributed by atoms with Gasteiger partial charge in [-0.25, -0.2) is 0 Å². The van der Waals surface area contributed by atoms with Crippen molar-refractivity contribution in [1.82, 2.24) is 4.90 Å². The maximum Gasteiger partial charge on any atom is 0.265 e. The minimum atomic E-state index is -0.242. The number of amides is 2. The van der Waals surface area contributed by atoms with Crippen molar-refractivity contribution in [2.45, 2.75) is 18.9 Å². The molecule has 2 amide bonds. The average molecular weight is 441 g/mol. The maximum absolute atomic E-state index is 13.3. The lowest BCUT2D eigenvalue weighted by Gasteiger charge is -2.25. The summed E-state index contributed by atoms with van der Waals surface area (Å²) in [5.74, 6) is 0.476. The summed E-state index contributed by atoms with van der Waals surface area (Å²) in [6, 6.07) is 16.4. The van der Waals surface area contributed by atoms with Crippen LogP contribution in [0.2, 0.25) is 5.02 Å². The van der Waals surface area contributed by atoms with Crippen LogP contribution in [-0.4, -0.2) is 30.4 Å². The topological polar surface area (TPSA) is 58.6 Å². The van der Waals surface area contributed by atoms with Gasteiger partial charge >= 0.3 is 0 Å². The van der Waals surface area contributed by atoms with E-state index in [2.05, 4.69) is 5.32 Å². The first-order chi connectivity index (χ1) is 14.6. The van der Waals surface area contributed by atoms with Crippen molar-refractivity contribution in [3.8, 4) is 5.75 Å². The highest BCUT2D eigenvalue weighted by Gasteiger charge is 2.31. The molecule has 0 spiro atoms. The number of nitrogens with zero attached hydrogens (tertiary/aromatic N) is 1. The second-order valence-corrected chi connectivity index (χ2v) is 8.41. The standard InChI is InChI=1S/C23H21ClN2O3S/c1-29-17-9-6-15(7-10-17)20-4-2-12-26(20)23(28)16-8-11-18(24)19(14-16)25-22(27)21-5-3-13-30-21/h3,5-11,13-14,20H,2,4,12H2,1H3,(H,25,27). The Bertz CT molecular complexity index is 1050. The molecule has 30 heavy (non-hydrogen) atoms. The molecule has 2 heterocycles. The number of likely N-dealkylation sites (tertiary alicyclic amines) is 1. The van der Waals surface area contributed by atoms with E-state index in [1.165, 1.54) is 11.3 Å². The fourth-order valence-corrected chi connectivity index (χ4v) is 4.48. The summed E-state index contributed by atoms with van der Waals surface area (Å²) in [5.41, 5.74) is 2.02. The van der Waals surface area contributed by atoms with Crippen molar-refractivity contribution in [3.63, 3.8) is 0 Å². The zero-order chi connectivity index (χ0) is 21.1. The Morgan fingerprint density at radius 3 is 2.67 bits per heavy atom. The van der Waals surface area contributed by atoms with Crippen LogP contribution in [0.5, 0.6) is 5.75 Å². The van der Waals surface area contributed by atoms with Crippen molar-refractivity contribution in [2.24, 2.45) is 0 Å². The number of nitrogens with one attached hydrogen (secondary N) is 1. The highest BCUT2D eigenvalue weighted by Crippen LogP contribution is 2.35. The van der Waals surface area contributed by atoms with E-state index in [1.807, 2.05) is 40.6 Å². The second-order valence-electron chi connectivity index (χ2n) is 7.06. The van der Waals surface area contributed by atoms with Crippen molar-refractivity contribution in [2.75, 3.05) is 19.0 Å². The second kappa shape index (κ2) is 8.90. The molecule has 1 unspecified atom stereocenters. The highest BCUT2D eigenvalue weighted by molar-refractivity contribution is 7.12. The summed E-state index contributed by atoms with van der Waals surface area (Å²) in [6.07, 6.45) is 1.85. The molecule has 1 aliphatic rings. The fraction of sp³-hybridized carbons (Fsp3) is 0.217. The molecule has 1 N–H and O–H groups in total. The van der Waals surface area contributed by atoms with E-state index in [9.17, 15) is 9.59 Å². The van der Waals surface area contributed by atoms with E-state index in [0.29, 0.717) is 27.7 Å². The van der Waals surface area contributed by atoms with Gasteiger partial charge in [0.25, 0.3) is 11.8 Å². The molecule has 3 aromatic rings. The first-order valence-corrected chi connectivity index (χ1v) is 10.9. The van der Waals surface area contributed by atoms with E-state index < -0.39 is 0 Å². The van der Waals surface area contributed by atoms with Crippen molar-refractivity contribution in [1.29, 1.82) is 0 Å². The normalized spacial score (nSPS) is 15.8. The van der Waals surface area contributed by atoms with E-state index in [-0.39, 0.29) is 17.9 Å². The van der Waals surface area contributed by atoms with Gasteiger partial charge in [0, 0.05) is 12.1 Å². The molecular formula is C23H21ClN2O3S. The predicted octanol–water partition coefficient (Wildman–Crippen LogP) is 5.64. The molecule has 0 aliphatic carbocycles. The Kier molecular flexibility index (Phi) is 6.06. The number of methoxy groups -OCH3 is 1. The van der Waals surface area contributed by atoms with E-state index in [1.54, 1.807) is 31.4 Å². The van der Waals surface area contributed by atoms with Gasteiger partial charge in [-0.1, -0.05) is 29.8 Å². The molecule has 1 aromatic heterocycles. The molecule has 1 fully saturated rings. The third-order valence-corrected chi connectivity index (χ3v) is 6.42. The van der Waals surface area contributed by atoms with Gasteiger partial charge in [0.05, 0.1) is 28.7 Å². The fourth-order valence-electron chi connectivity index (χ4n) is 3.69. The summed E-state index contributed by atoms with van der Waals surface area (Å²) in [4.78, 5) is 28.1. The number of hydrogen-bond acceptors (Lipinski definition) is 4. The number of benzene rings is 2. The number of hydrogen-bond donors (Lipinski definition) is 1. The Morgan fingerprint density at radius 2 is 1.97 bits per heavy atom. The van der Waals surface area contributed by atoms with Gasteiger partial charge in [-0.15, -0.1) is 11.3 Å². The molecule has 0 bridgehead atoms. The van der Waals surface area contributed by atoms with Crippen LogP contribution in [0.15, 0.2) is 60.0 Å². The van der Waals surface area contributed by atoms with Gasteiger partial charge in [-0.2, -0.15) is 0 Å². The zero-order valence-electron chi connectivity index (χ0n) is 16.4. The van der Waals surface area contributed by atoms with Crippen LogP contribution in [0.25, 0.3) is 0 Å². The lowest BCUT2D eigenvalue weighted by Crippen LogP contribution is -2.30. The smallest absolute Gasteiger partial charge is 0.265 e. The van der Waals surface area contributed by atoms with Gasteiger partial charge in [-0.3, -0.25) is 9.59 Å². The first-order valence-electron chi connectivity index (χ1n) is 9.66. The summed E-state index contributed by atoms with van der Waals surface area (Å²) >= 11 is 7.62. The average Bonchev–Trinajstić information content (AvgIpc) is 3.47. The largest absolute Gasteiger partial charge is 0.497 e. The van der Waals surface area contributed by atoms with Gasteiger partial charge in [0.15, 0.2) is 0 Å². The minimum absolute atomic E-state index is 0.0169. The number of ether oxygens (including phenoxy) is 1. The van der Waals surface area contributed by atoms with E-state index in [0.717, 1.165) is 24.2 Å². The molecule has 1 atom stereocenters. The summed E-state index contributed by atoms with van der Waals surface area (Å²) < 4.78 is 5.23. The number of anilines is 1. The number of thiophene rings is 1. The van der Waals surface area contributed by atoms with Gasteiger partial charge in [0.2, 0.25) is 0 Å².